The van der Waals surface area contributed by atoms with Gasteiger partial charge in [0.2, 0.25) is 0 Å². The summed E-state index contributed by atoms with van der Waals surface area (Å²) in [5, 5.41) is 15.0. The molecule has 222 valence electrons. The average Bonchev–Trinajstić information content (AvgIpc) is 3.36. The van der Waals surface area contributed by atoms with Crippen molar-refractivity contribution in [2.24, 2.45) is 4.99 Å². The lowest BCUT2D eigenvalue weighted by atomic mass is 9.95. The quantitative estimate of drug-likeness (QED) is 0.411. The second kappa shape index (κ2) is 11.3. The van der Waals surface area contributed by atoms with E-state index in [1.807, 2.05) is 10.3 Å². The number of benzene rings is 1. The van der Waals surface area contributed by atoms with Gasteiger partial charge in [-0.2, -0.15) is 0 Å². The van der Waals surface area contributed by atoms with Crippen molar-refractivity contribution in [3.8, 4) is 0 Å². The number of nitrogens with one attached hydrogen (secondary N) is 1. The highest BCUT2D eigenvalue weighted by atomic mass is 35.5. The van der Waals surface area contributed by atoms with Crippen LogP contribution in [0.25, 0.3) is 0 Å². The number of carbonyl (C=O) groups is 3. The number of aliphatic carboxylic acids is 1. The molecule has 4 aliphatic rings. The van der Waals surface area contributed by atoms with E-state index < -0.39 is 29.3 Å². The van der Waals surface area contributed by atoms with E-state index in [1.54, 1.807) is 24.1 Å². The van der Waals surface area contributed by atoms with Crippen LogP contribution >= 0.6 is 22.9 Å². The molecule has 14 heteroatoms. The van der Waals surface area contributed by atoms with Crippen LogP contribution in [0.2, 0.25) is 5.02 Å². The van der Waals surface area contributed by atoms with E-state index >= 15 is 0 Å². The topological polar surface area (TPSA) is 128 Å². The zero-order valence-electron chi connectivity index (χ0n) is 22.9. The molecule has 0 bridgehead atoms. The van der Waals surface area contributed by atoms with Crippen molar-refractivity contribution in [1.82, 2.24) is 25.0 Å². The number of urea groups is 1. The van der Waals surface area contributed by atoms with Gasteiger partial charge in [0.1, 0.15) is 11.9 Å². The van der Waals surface area contributed by atoms with Gasteiger partial charge < -0.3 is 25.0 Å². The predicted octanol–water partition coefficient (Wildman–Crippen LogP) is 3.27. The lowest BCUT2D eigenvalue weighted by Gasteiger charge is -2.38. The van der Waals surface area contributed by atoms with E-state index in [0.29, 0.717) is 67.7 Å². The van der Waals surface area contributed by atoms with E-state index in [4.69, 9.17) is 21.3 Å². The van der Waals surface area contributed by atoms with Crippen molar-refractivity contribution >= 4 is 46.7 Å². The summed E-state index contributed by atoms with van der Waals surface area (Å²) in [5.74, 6) is -1.67. The van der Waals surface area contributed by atoms with Gasteiger partial charge in [0, 0.05) is 55.6 Å². The van der Waals surface area contributed by atoms with Gasteiger partial charge in [0.05, 0.1) is 35.2 Å². The van der Waals surface area contributed by atoms with Crippen LogP contribution in [0.3, 0.4) is 0 Å². The number of rotatable bonds is 9. The minimum atomic E-state index is -0.932. The normalized spacial score (nSPS) is 23.4. The Labute approximate surface area is 250 Å². The highest BCUT2D eigenvalue weighted by Crippen LogP contribution is 2.47. The van der Waals surface area contributed by atoms with Crippen LogP contribution in [-0.2, 0) is 14.3 Å². The smallest absolute Gasteiger partial charge is 0.338 e. The Bertz CT molecular complexity index is 1480. The number of aromatic nitrogens is 1. The lowest BCUT2D eigenvalue weighted by molar-refractivity contribution is -0.139. The molecule has 42 heavy (non-hydrogen) atoms. The van der Waals surface area contributed by atoms with E-state index in [9.17, 15) is 23.9 Å². The monoisotopic (exact) mass is 616 g/mol. The van der Waals surface area contributed by atoms with Crippen molar-refractivity contribution in [1.29, 1.82) is 0 Å². The van der Waals surface area contributed by atoms with E-state index in [2.05, 4.69) is 15.2 Å². The fourth-order valence-corrected chi connectivity index (χ4v) is 6.90. The molecule has 6 rings (SSSR count). The van der Waals surface area contributed by atoms with Gasteiger partial charge in [-0.05, 0) is 25.8 Å². The van der Waals surface area contributed by atoms with Crippen LogP contribution in [-0.4, -0.2) is 99.5 Å². The molecule has 2 amide bonds. The minimum absolute atomic E-state index is 0.0500. The maximum atomic E-state index is 14.6. The second-order valence-corrected chi connectivity index (χ2v) is 12.1. The molecule has 1 aromatic carbocycles. The number of carbonyl (C=O) groups excluding carboxylic acids is 2. The molecular weight excluding hydrogens is 587 g/mol. The Morgan fingerprint density at radius 2 is 2.10 bits per heavy atom. The van der Waals surface area contributed by atoms with Crippen molar-refractivity contribution in [2.75, 3.05) is 39.3 Å². The summed E-state index contributed by atoms with van der Waals surface area (Å²) in [6.45, 7) is 4.15. The minimum Gasteiger partial charge on any atom is -0.481 e. The first kappa shape index (κ1) is 28.6. The molecule has 2 saturated heterocycles. The average molecular weight is 617 g/mol. The number of esters is 1. The number of piperazine rings is 1. The molecule has 1 aliphatic carbocycles. The van der Waals surface area contributed by atoms with Crippen molar-refractivity contribution < 1.29 is 28.6 Å². The number of thiazole rings is 1. The van der Waals surface area contributed by atoms with E-state index in [1.165, 1.54) is 23.5 Å². The van der Waals surface area contributed by atoms with Gasteiger partial charge >= 0.3 is 18.0 Å². The van der Waals surface area contributed by atoms with Crippen LogP contribution in [0.15, 0.2) is 46.0 Å². The van der Waals surface area contributed by atoms with E-state index in [0.717, 1.165) is 0 Å². The summed E-state index contributed by atoms with van der Waals surface area (Å²) in [4.78, 5) is 53.0. The van der Waals surface area contributed by atoms with Crippen LogP contribution in [0.4, 0.5) is 9.18 Å². The number of hydrogen-bond donors (Lipinski definition) is 2. The number of halogens is 2. The molecule has 0 radical (unpaired) electrons. The number of amidine groups is 1. The number of aliphatic imine (C=N–C) groups is 1. The molecule has 2 N–H and O–H groups in total. The molecule has 1 unspecified atom stereocenters. The summed E-state index contributed by atoms with van der Waals surface area (Å²) in [6, 6.07) is 3.26. The maximum absolute atomic E-state index is 14.6. The zero-order chi connectivity index (χ0) is 29.6. The number of carboxylic acids is 1. The number of ether oxygens (including phenoxy) is 1. The second-order valence-electron chi connectivity index (χ2n) is 10.9. The maximum Gasteiger partial charge on any atom is 0.338 e. The number of fused-ring (bicyclic) bond motifs is 1. The molecule has 3 aliphatic heterocycles. The molecule has 1 saturated carbocycles. The number of carboxylic acid groups (broad SMARTS) is 1. The molecule has 3 fully saturated rings. The first-order chi connectivity index (χ1) is 20.2. The largest absolute Gasteiger partial charge is 0.481 e. The number of amides is 2. The molecule has 2 atom stereocenters. The fraction of sp³-hybridized carbons (Fsp3) is 0.464. The van der Waals surface area contributed by atoms with Crippen LogP contribution in [0.5, 0.6) is 0 Å². The Morgan fingerprint density at radius 1 is 1.29 bits per heavy atom. The fourth-order valence-electron chi connectivity index (χ4n) is 6.08. The third-order valence-electron chi connectivity index (χ3n) is 8.23. The first-order valence-corrected chi connectivity index (χ1v) is 15.1. The highest BCUT2D eigenvalue weighted by molar-refractivity contribution is 7.11. The van der Waals surface area contributed by atoms with Gasteiger partial charge in [-0.3, -0.25) is 14.7 Å². The van der Waals surface area contributed by atoms with Crippen LogP contribution in [0.1, 0.15) is 42.8 Å². The third-order valence-corrected chi connectivity index (χ3v) is 9.41. The third kappa shape index (κ3) is 5.25. The standard InChI is InChI=1S/C28H30ClFN6O5S/c1-2-41-26(39)21-19(32-24(25-31-8-11-42-25)33-23(21)17-4-3-5-18(30)22(17)29)15-34-9-10-35-16(13-34)14-36(27(35)40)28(6-7-28)12-20(37)38/h3-5,8,11,16,23H,2,6-7,9-10,12-15H2,1H3,(H,32,33)(H,37,38)/t16?,23-/m0/s1. The Morgan fingerprint density at radius 3 is 2.79 bits per heavy atom. The zero-order valence-corrected chi connectivity index (χ0v) is 24.5. The highest BCUT2D eigenvalue weighted by Gasteiger charge is 2.56. The van der Waals surface area contributed by atoms with E-state index in [-0.39, 0.29) is 35.7 Å². The molecule has 2 aromatic rings. The molecule has 4 heterocycles. The van der Waals surface area contributed by atoms with Crippen molar-refractivity contribution in [3.05, 3.63) is 62.5 Å². The van der Waals surface area contributed by atoms with Gasteiger partial charge in [-0.1, -0.05) is 23.7 Å². The predicted molar refractivity (Wildman–Crippen MR) is 153 cm³/mol. The van der Waals surface area contributed by atoms with Gasteiger partial charge in [-0.25, -0.2) is 19.0 Å². The summed E-state index contributed by atoms with van der Waals surface area (Å²) in [7, 11) is 0. The van der Waals surface area contributed by atoms with Gasteiger partial charge in [0.25, 0.3) is 0 Å². The van der Waals surface area contributed by atoms with Crippen LogP contribution < -0.4 is 5.32 Å². The first-order valence-electron chi connectivity index (χ1n) is 13.8. The summed E-state index contributed by atoms with van der Waals surface area (Å²) in [6.07, 6.45) is 2.99. The SMILES string of the molecule is CCOC(=O)C1=C(CN2CCN3C(=O)N(C4(CC(=O)O)CC4)CC3C2)NC(c2nccs2)=N[C@H]1c1cccc(F)c1Cl. The Kier molecular flexibility index (Phi) is 7.66. The Balaban J connectivity index is 1.31. The van der Waals surface area contributed by atoms with Crippen molar-refractivity contribution in [2.45, 2.75) is 43.8 Å². The van der Waals surface area contributed by atoms with Crippen molar-refractivity contribution in [3.63, 3.8) is 0 Å². The summed E-state index contributed by atoms with van der Waals surface area (Å²) >= 11 is 7.78. The Hall–Kier alpha value is -3.55. The molecular formula is C28H30ClFN6O5S. The van der Waals surface area contributed by atoms with Crippen LogP contribution in [0, 0.1) is 5.82 Å². The number of nitrogens with zero attached hydrogens (tertiary/aromatic N) is 5. The van der Waals surface area contributed by atoms with Gasteiger partial charge in [-0.15, -0.1) is 11.3 Å². The molecule has 11 nitrogen and oxygen atoms in total. The lowest BCUT2D eigenvalue weighted by Crippen LogP contribution is -2.53. The summed E-state index contributed by atoms with van der Waals surface area (Å²) in [5.41, 5.74) is 0.516. The number of hydrogen-bond acceptors (Lipinski definition) is 9. The molecule has 1 aromatic heterocycles. The summed E-state index contributed by atoms with van der Waals surface area (Å²) < 4.78 is 20.0. The van der Waals surface area contributed by atoms with Gasteiger partial charge in [0.15, 0.2) is 10.8 Å². The molecule has 0 spiro atoms.